The van der Waals surface area contributed by atoms with Crippen molar-refractivity contribution in [2.45, 2.75) is 18.8 Å². The average Bonchev–Trinajstić information content (AvgIpc) is 3.24. The minimum absolute atomic E-state index is 0.128. The number of carbonyl (C=O) groups excluding carboxylic acids is 1. The van der Waals surface area contributed by atoms with Crippen LogP contribution >= 0.6 is 0 Å². The maximum atomic E-state index is 12.9. The second kappa shape index (κ2) is 8.52. The molecule has 0 unspecified atom stereocenters. The summed E-state index contributed by atoms with van der Waals surface area (Å²) in [5.41, 5.74) is 0.593. The SMILES string of the molecule is C=CC(=O)N1CC[C@H](Nc2ncc(-c3ccc(OC(F)(F)F)cn3)c3ncn(C)c(=O)c23)C1. The lowest BCUT2D eigenvalue weighted by Gasteiger charge is -2.17. The van der Waals surface area contributed by atoms with E-state index in [1.165, 1.54) is 29.2 Å². The zero-order valence-electron chi connectivity index (χ0n) is 17.5. The predicted octanol–water partition coefficient (Wildman–Crippen LogP) is 2.49. The van der Waals surface area contributed by atoms with Gasteiger partial charge in [0.15, 0.2) is 0 Å². The number of ether oxygens (including phenoxy) is 1. The minimum Gasteiger partial charge on any atom is -0.404 e. The molecule has 3 aromatic rings. The van der Waals surface area contributed by atoms with Gasteiger partial charge in [-0.3, -0.25) is 14.6 Å². The van der Waals surface area contributed by atoms with Crippen LogP contribution in [0.4, 0.5) is 19.0 Å². The fraction of sp³-hybridized carbons (Fsp3) is 0.286. The van der Waals surface area contributed by atoms with Gasteiger partial charge in [-0.05, 0) is 24.6 Å². The molecule has 1 amide bonds. The number of alkyl halides is 3. The van der Waals surface area contributed by atoms with Crippen LogP contribution in [0, 0.1) is 0 Å². The molecule has 0 radical (unpaired) electrons. The maximum Gasteiger partial charge on any atom is 0.573 e. The van der Waals surface area contributed by atoms with Crippen LogP contribution in [0.2, 0.25) is 0 Å². The Kier molecular flexibility index (Phi) is 5.75. The van der Waals surface area contributed by atoms with Crippen molar-refractivity contribution in [1.29, 1.82) is 0 Å². The smallest absolute Gasteiger partial charge is 0.404 e. The first-order chi connectivity index (χ1) is 15.7. The molecule has 0 aromatic carbocycles. The topological polar surface area (TPSA) is 102 Å². The number of amides is 1. The van der Waals surface area contributed by atoms with Crippen molar-refractivity contribution in [1.82, 2.24) is 24.4 Å². The van der Waals surface area contributed by atoms with E-state index in [4.69, 9.17) is 0 Å². The van der Waals surface area contributed by atoms with Crippen LogP contribution in [-0.2, 0) is 11.8 Å². The number of likely N-dealkylation sites (tertiary alicyclic amines) is 1. The molecule has 0 spiro atoms. The number of fused-ring (bicyclic) bond motifs is 1. The molecule has 1 aliphatic heterocycles. The van der Waals surface area contributed by atoms with E-state index < -0.39 is 12.1 Å². The lowest BCUT2D eigenvalue weighted by Crippen LogP contribution is -2.30. The van der Waals surface area contributed by atoms with Crippen molar-refractivity contribution >= 4 is 22.6 Å². The van der Waals surface area contributed by atoms with Crippen LogP contribution in [0.3, 0.4) is 0 Å². The number of hydrogen-bond acceptors (Lipinski definition) is 7. The second-order valence-electron chi connectivity index (χ2n) is 7.45. The molecule has 0 bridgehead atoms. The normalized spacial score (nSPS) is 16.1. The number of nitrogens with one attached hydrogen (secondary N) is 1. The molecule has 1 N–H and O–H groups in total. The Balaban J connectivity index is 1.70. The molecule has 9 nitrogen and oxygen atoms in total. The molecule has 0 saturated carbocycles. The van der Waals surface area contributed by atoms with Gasteiger partial charge >= 0.3 is 6.36 Å². The number of aryl methyl sites for hydroxylation is 1. The highest BCUT2D eigenvalue weighted by Crippen LogP contribution is 2.30. The van der Waals surface area contributed by atoms with Crippen LogP contribution in [0.1, 0.15) is 6.42 Å². The Morgan fingerprint density at radius 2 is 2.06 bits per heavy atom. The minimum atomic E-state index is -4.83. The summed E-state index contributed by atoms with van der Waals surface area (Å²) in [4.78, 5) is 39.2. The van der Waals surface area contributed by atoms with E-state index in [2.05, 4.69) is 31.6 Å². The van der Waals surface area contributed by atoms with Gasteiger partial charge in [0, 0.05) is 37.9 Å². The highest BCUT2D eigenvalue weighted by atomic mass is 19.4. The first-order valence-corrected chi connectivity index (χ1v) is 9.90. The molecule has 4 rings (SSSR count). The van der Waals surface area contributed by atoms with E-state index in [0.29, 0.717) is 36.4 Å². The van der Waals surface area contributed by atoms with E-state index >= 15 is 0 Å². The molecule has 1 saturated heterocycles. The Hall–Kier alpha value is -3.96. The molecule has 12 heteroatoms. The standard InChI is InChI=1S/C21H19F3N6O3/c1-3-16(31)30-7-6-12(10-30)28-19-17-18(27-11-29(2)20(17)32)14(9-26-19)15-5-4-13(8-25-15)33-21(22,23)24/h3-5,8-9,11-12H,1,6-7,10H2,2H3,(H,26,28)/t12-/m0/s1. The largest absolute Gasteiger partial charge is 0.573 e. The molecule has 1 atom stereocenters. The van der Waals surface area contributed by atoms with Crippen LogP contribution in [0.15, 0.2) is 48.3 Å². The summed E-state index contributed by atoms with van der Waals surface area (Å²) in [6.07, 6.45) is 0.816. The van der Waals surface area contributed by atoms with Crippen molar-refractivity contribution in [3.05, 3.63) is 53.9 Å². The Morgan fingerprint density at radius 1 is 1.27 bits per heavy atom. The number of rotatable bonds is 5. The zero-order valence-corrected chi connectivity index (χ0v) is 17.5. The molecule has 1 fully saturated rings. The van der Waals surface area contributed by atoms with Gasteiger partial charge in [-0.25, -0.2) is 9.97 Å². The van der Waals surface area contributed by atoms with Crippen LogP contribution < -0.4 is 15.6 Å². The van der Waals surface area contributed by atoms with Gasteiger partial charge in [-0.15, -0.1) is 13.2 Å². The molecule has 0 aliphatic carbocycles. The van der Waals surface area contributed by atoms with E-state index in [0.717, 1.165) is 12.3 Å². The van der Waals surface area contributed by atoms with E-state index in [1.807, 2.05) is 0 Å². The quantitative estimate of drug-likeness (QED) is 0.584. The Bertz CT molecular complexity index is 1270. The first-order valence-electron chi connectivity index (χ1n) is 9.90. The average molecular weight is 460 g/mol. The third-order valence-corrected chi connectivity index (χ3v) is 5.21. The Morgan fingerprint density at radius 3 is 2.73 bits per heavy atom. The number of anilines is 1. The third kappa shape index (κ3) is 4.64. The highest BCUT2D eigenvalue weighted by Gasteiger charge is 2.31. The molecule has 172 valence electrons. The predicted molar refractivity (Wildman–Crippen MR) is 113 cm³/mol. The summed E-state index contributed by atoms with van der Waals surface area (Å²) >= 11 is 0. The summed E-state index contributed by atoms with van der Waals surface area (Å²) in [6.45, 7) is 4.47. The lowest BCUT2D eigenvalue weighted by atomic mass is 10.1. The molecule has 3 aromatic heterocycles. The van der Waals surface area contributed by atoms with Crippen molar-refractivity contribution < 1.29 is 22.7 Å². The fourth-order valence-electron chi connectivity index (χ4n) is 3.64. The van der Waals surface area contributed by atoms with Crippen molar-refractivity contribution in [3.8, 4) is 17.0 Å². The molecular weight excluding hydrogens is 441 g/mol. The van der Waals surface area contributed by atoms with Gasteiger partial charge < -0.3 is 19.5 Å². The van der Waals surface area contributed by atoms with Gasteiger partial charge in [0.25, 0.3) is 5.56 Å². The number of nitrogens with zero attached hydrogens (tertiary/aromatic N) is 5. The summed E-state index contributed by atoms with van der Waals surface area (Å²) in [6, 6.07) is 2.33. The van der Waals surface area contributed by atoms with Gasteiger partial charge in [0.2, 0.25) is 5.91 Å². The van der Waals surface area contributed by atoms with Crippen molar-refractivity contribution in [3.63, 3.8) is 0 Å². The van der Waals surface area contributed by atoms with Crippen molar-refractivity contribution in [2.24, 2.45) is 7.05 Å². The van der Waals surface area contributed by atoms with E-state index in [9.17, 15) is 22.8 Å². The van der Waals surface area contributed by atoms with Gasteiger partial charge in [0.1, 0.15) is 17.0 Å². The number of carbonyl (C=O) groups is 1. The Labute approximate surface area is 185 Å². The summed E-state index contributed by atoms with van der Waals surface area (Å²) < 4.78 is 42.4. The van der Waals surface area contributed by atoms with Crippen molar-refractivity contribution in [2.75, 3.05) is 18.4 Å². The monoisotopic (exact) mass is 460 g/mol. The summed E-state index contributed by atoms with van der Waals surface area (Å²) in [5, 5.41) is 3.43. The van der Waals surface area contributed by atoms with E-state index in [1.54, 1.807) is 11.9 Å². The summed E-state index contributed by atoms with van der Waals surface area (Å²) in [7, 11) is 1.55. The number of halogens is 3. The number of hydrogen-bond donors (Lipinski definition) is 1. The van der Waals surface area contributed by atoms with Gasteiger partial charge in [-0.2, -0.15) is 0 Å². The lowest BCUT2D eigenvalue weighted by molar-refractivity contribution is -0.274. The maximum absolute atomic E-state index is 12.9. The molecule has 1 aliphatic rings. The van der Waals surface area contributed by atoms with Crippen LogP contribution in [0.5, 0.6) is 5.75 Å². The summed E-state index contributed by atoms with van der Waals surface area (Å²) in [5.74, 6) is -0.336. The van der Waals surface area contributed by atoms with Crippen LogP contribution in [-0.4, -0.2) is 55.8 Å². The number of aromatic nitrogens is 4. The van der Waals surface area contributed by atoms with Gasteiger partial charge in [-0.1, -0.05) is 6.58 Å². The zero-order chi connectivity index (χ0) is 23.8. The molecule has 4 heterocycles. The fourth-order valence-corrected chi connectivity index (χ4v) is 3.64. The first kappa shape index (κ1) is 22.2. The number of pyridine rings is 2. The molecular formula is C21H19F3N6O3. The third-order valence-electron chi connectivity index (χ3n) is 5.21. The van der Waals surface area contributed by atoms with E-state index in [-0.39, 0.29) is 28.6 Å². The van der Waals surface area contributed by atoms with Gasteiger partial charge in [0.05, 0.1) is 23.7 Å². The van der Waals surface area contributed by atoms with Crippen LogP contribution in [0.25, 0.3) is 22.2 Å². The highest BCUT2D eigenvalue weighted by molar-refractivity contribution is 5.98. The second-order valence-corrected chi connectivity index (χ2v) is 7.45. The molecule has 33 heavy (non-hydrogen) atoms.